The Kier molecular flexibility index (Phi) is 5.40. The minimum absolute atomic E-state index is 0.0450. The predicted octanol–water partition coefficient (Wildman–Crippen LogP) is 3.89. The number of hydrogen-bond donors (Lipinski definition) is 1. The molecule has 1 aliphatic rings. The molecule has 1 N–H and O–H groups in total. The summed E-state index contributed by atoms with van der Waals surface area (Å²) >= 11 is 0. The SMILES string of the molecule is Cc1ccc(NC(=O)[C@H]2Cc3ccccc3CN2S(=O)(=O)c2ccc(F)cc2)cc1. The molecule has 1 aliphatic heterocycles. The van der Waals surface area contributed by atoms with E-state index in [4.69, 9.17) is 0 Å². The number of amides is 1. The van der Waals surface area contributed by atoms with E-state index in [1.54, 1.807) is 12.1 Å². The first kappa shape index (κ1) is 20.3. The van der Waals surface area contributed by atoms with Crippen LogP contribution in [0, 0.1) is 12.7 Å². The molecule has 1 amide bonds. The third-order valence-corrected chi connectivity index (χ3v) is 7.12. The lowest BCUT2D eigenvalue weighted by atomic mass is 9.95. The number of carbonyl (C=O) groups excluding carboxylic acids is 1. The van der Waals surface area contributed by atoms with E-state index in [1.807, 2.05) is 43.3 Å². The molecule has 0 bridgehead atoms. The molecule has 5 nitrogen and oxygen atoms in total. The van der Waals surface area contributed by atoms with Crippen LogP contribution in [0.4, 0.5) is 10.1 Å². The smallest absolute Gasteiger partial charge is 0.244 e. The normalized spacial score (nSPS) is 16.7. The zero-order valence-corrected chi connectivity index (χ0v) is 17.2. The number of aryl methyl sites for hydroxylation is 1. The Balaban J connectivity index is 1.70. The van der Waals surface area contributed by atoms with Gasteiger partial charge in [0, 0.05) is 12.2 Å². The van der Waals surface area contributed by atoms with Gasteiger partial charge >= 0.3 is 0 Å². The van der Waals surface area contributed by atoms with Gasteiger partial charge in [-0.15, -0.1) is 0 Å². The highest BCUT2D eigenvalue weighted by molar-refractivity contribution is 7.89. The van der Waals surface area contributed by atoms with Crippen LogP contribution < -0.4 is 5.32 Å². The fourth-order valence-corrected chi connectivity index (χ4v) is 5.14. The Hall–Kier alpha value is -3.03. The maximum Gasteiger partial charge on any atom is 0.244 e. The van der Waals surface area contributed by atoms with Crippen molar-refractivity contribution in [2.24, 2.45) is 0 Å². The molecule has 0 aliphatic carbocycles. The maximum atomic E-state index is 13.3. The number of nitrogens with one attached hydrogen (secondary N) is 1. The molecule has 3 aromatic rings. The molecular weight excluding hydrogens is 403 g/mol. The van der Waals surface area contributed by atoms with Gasteiger partial charge in [0.25, 0.3) is 0 Å². The number of anilines is 1. The first-order valence-electron chi connectivity index (χ1n) is 9.56. The van der Waals surface area contributed by atoms with Gasteiger partial charge < -0.3 is 5.32 Å². The van der Waals surface area contributed by atoms with Gasteiger partial charge in [0.15, 0.2) is 0 Å². The third kappa shape index (κ3) is 3.99. The summed E-state index contributed by atoms with van der Waals surface area (Å²) in [6.45, 7) is 2.02. The summed E-state index contributed by atoms with van der Waals surface area (Å²) in [7, 11) is -4.01. The van der Waals surface area contributed by atoms with Crippen LogP contribution in [-0.4, -0.2) is 24.7 Å². The van der Waals surface area contributed by atoms with Crippen molar-refractivity contribution in [1.29, 1.82) is 0 Å². The van der Waals surface area contributed by atoms with Crippen molar-refractivity contribution >= 4 is 21.6 Å². The van der Waals surface area contributed by atoms with Crippen molar-refractivity contribution in [3.05, 3.63) is 95.3 Å². The quantitative estimate of drug-likeness (QED) is 0.691. The van der Waals surface area contributed by atoms with Crippen molar-refractivity contribution in [2.75, 3.05) is 5.32 Å². The largest absolute Gasteiger partial charge is 0.325 e. The molecule has 30 heavy (non-hydrogen) atoms. The third-order valence-electron chi connectivity index (χ3n) is 5.25. The molecule has 1 atom stereocenters. The Labute approximate surface area is 175 Å². The monoisotopic (exact) mass is 424 g/mol. The van der Waals surface area contributed by atoms with Crippen LogP contribution in [0.1, 0.15) is 16.7 Å². The highest BCUT2D eigenvalue weighted by Gasteiger charge is 2.39. The van der Waals surface area contributed by atoms with E-state index in [0.29, 0.717) is 5.69 Å². The van der Waals surface area contributed by atoms with Crippen LogP contribution in [0.2, 0.25) is 0 Å². The lowest BCUT2D eigenvalue weighted by Gasteiger charge is -2.35. The van der Waals surface area contributed by atoms with Gasteiger partial charge in [0.2, 0.25) is 15.9 Å². The van der Waals surface area contributed by atoms with Gasteiger partial charge in [-0.1, -0.05) is 42.0 Å². The number of benzene rings is 3. The van der Waals surface area contributed by atoms with Crippen molar-refractivity contribution in [3.63, 3.8) is 0 Å². The Morgan fingerprint density at radius 3 is 2.27 bits per heavy atom. The van der Waals surface area contributed by atoms with Crippen LogP contribution in [0.3, 0.4) is 0 Å². The van der Waals surface area contributed by atoms with Gasteiger partial charge in [-0.2, -0.15) is 4.31 Å². The summed E-state index contributed by atoms with van der Waals surface area (Å²) in [5, 5.41) is 2.83. The molecule has 0 fully saturated rings. The van der Waals surface area contributed by atoms with E-state index in [9.17, 15) is 17.6 Å². The lowest BCUT2D eigenvalue weighted by Crippen LogP contribution is -2.50. The summed E-state index contributed by atoms with van der Waals surface area (Å²) in [5.74, 6) is -0.925. The van der Waals surface area contributed by atoms with Gasteiger partial charge in [0.05, 0.1) is 4.90 Å². The van der Waals surface area contributed by atoms with Crippen LogP contribution in [-0.2, 0) is 27.8 Å². The number of nitrogens with zero attached hydrogens (tertiary/aromatic N) is 1. The lowest BCUT2D eigenvalue weighted by molar-refractivity contribution is -0.120. The number of hydrogen-bond acceptors (Lipinski definition) is 3. The van der Waals surface area contributed by atoms with Crippen LogP contribution in [0.15, 0.2) is 77.7 Å². The molecule has 0 aromatic heterocycles. The summed E-state index contributed by atoms with van der Waals surface area (Å²) in [6.07, 6.45) is 0.258. The van der Waals surface area contributed by atoms with Crippen molar-refractivity contribution < 1.29 is 17.6 Å². The van der Waals surface area contributed by atoms with Gasteiger partial charge in [0.1, 0.15) is 11.9 Å². The minimum atomic E-state index is -4.01. The van der Waals surface area contributed by atoms with E-state index in [1.165, 1.54) is 16.4 Å². The van der Waals surface area contributed by atoms with Crippen LogP contribution in [0.25, 0.3) is 0 Å². The second kappa shape index (κ2) is 8.01. The highest BCUT2D eigenvalue weighted by Crippen LogP contribution is 2.30. The van der Waals surface area contributed by atoms with Crippen molar-refractivity contribution in [2.45, 2.75) is 30.8 Å². The molecule has 4 rings (SSSR count). The Morgan fingerprint density at radius 1 is 0.967 bits per heavy atom. The minimum Gasteiger partial charge on any atom is -0.325 e. The summed E-state index contributed by atoms with van der Waals surface area (Å²) < 4.78 is 41.2. The maximum absolute atomic E-state index is 13.3. The molecule has 7 heteroatoms. The molecule has 0 saturated carbocycles. The molecular formula is C23H21FN2O3S. The molecule has 1 heterocycles. The van der Waals surface area contributed by atoms with Gasteiger partial charge in [-0.05, 0) is 60.9 Å². The fourth-order valence-electron chi connectivity index (χ4n) is 3.58. The first-order chi connectivity index (χ1) is 14.3. The zero-order valence-electron chi connectivity index (χ0n) is 16.4. The zero-order chi connectivity index (χ0) is 21.3. The Bertz CT molecular complexity index is 1180. The molecule has 0 spiro atoms. The second-order valence-electron chi connectivity index (χ2n) is 7.35. The number of sulfonamides is 1. The van der Waals surface area contributed by atoms with Gasteiger partial charge in [-0.3, -0.25) is 4.79 Å². The molecule has 154 valence electrons. The number of fused-ring (bicyclic) bond motifs is 1. The van der Waals surface area contributed by atoms with E-state index < -0.39 is 27.8 Å². The van der Waals surface area contributed by atoms with Crippen molar-refractivity contribution in [3.8, 4) is 0 Å². The molecule has 0 saturated heterocycles. The predicted molar refractivity (Wildman–Crippen MR) is 113 cm³/mol. The Morgan fingerprint density at radius 2 is 1.60 bits per heavy atom. The average molecular weight is 424 g/mol. The molecule has 0 radical (unpaired) electrons. The number of halogens is 1. The topological polar surface area (TPSA) is 66.5 Å². The van der Waals surface area contributed by atoms with Crippen molar-refractivity contribution in [1.82, 2.24) is 4.31 Å². The van der Waals surface area contributed by atoms with E-state index in [-0.39, 0.29) is 17.9 Å². The number of rotatable bonds is 4. The summed E-state index contributed by atoms with van der Waals surface area (Å²) in [6, 6.07) is 18.5. The highest BCUT2D eigenvalue weighted by atomic mass is 32.2. The summed E-state index contributed by atoms with van der Waals surface area (Å²) in [4.78, 5) is 13.1. The standard InChI is InChI=1S/C23H21FN2O3S/c1-16-6-10-20(11-7-16)25-23(27)22-14-17-4-2-3-5-18(17)15-26(22)30(28,29)21-12-8-19(24)9-13-21/h2-13,22H,14-15H2,1H3,(H,25,27)/t22-/m1/s1. The van der Waals surface area contributed by atoms with E-state index in [0.717, 1.165) is 28.8 Å². The van der Waals surface area contributed by atoms with Crippen LogP contribution >= 0.6 is 0 Å². The molecule has 3 aromatic carbocycles. The summed E-state index contributed by atoms with van der Waals surface area (Å²) in [5.41, 5.74) is 3.44. The number of carbonyl (C=O) groups is 1. The first-order valence-corrected chi connectivity index (χ1v) is 11.0. The van der Waals surface area contributed by atoms with Gasteiger partial charge in [-0.25, -0.2) is 12.8 Å². The molecule has 0 unspecified atom stereocenters. The van der Waals surface area contributed by atoms with Crippen LogP contribution in [0.5, 0.6) is 0 Å². The van der Waals surface area contributed by atoms with E-state index in [2.05, 4.69) is 5.32 Å². The fraction of sp³-hybridized carbons (Fsp3) is 0.174. The average Bonchev–Trinajstić information content (AvgIpc) is 2.74. The second-order valence-corrected chi connectivity index (χ2v) is 9.24. The van der Waals surface area contributed by atoms with E-state index >= 15 is 0 Å².